The van der Waals surface area contributed by atoms with Gasteiger partial charge in [0.15, 0.2) is 0 Å². The Morgan fingerprint density at radius 1 is 1.09 bits per heavy atom. The van der Waals surface area contributed by atoms with E-state index in [1.165, 1.54) is 32.1 Å². The SMILES string of the molecule is CS(=O)(=O)OC1CNCCc2c1ccc(Cl)c2NCc1ccc(OCC2CCCCC2)cc1. The van der Waals surface area contributed by atoms with Crippen molar-refractivity contribution in [3.05, 3.63) is 58.1 Å². The maximum Gasteiger partial charge on any atom is 0.265 e. The van der Waals surface area contributed by atoms with Crippen molar-refractivity contribution < 1.29 is 17.3 Å². The van der Waals surface area contributed by atoms with Crippen molar-refractivity contribution in [1.82, 2.24) is 5.32 Å². The molecule has 0 spiro atoms. The van der Waals surface area contributed by atoms with Crippen molar-refractivity contribution in [3.63, 3.8) is 0 Å². The zero-order valence-electron chi connectivity index (χ0n) is 19.1. The highest BCUT2D eigenvalue weighted by Crippen LogP contribution is 2.35. The predicted molar refractivity (Wildman–Crippen MR) is 133 cm³/mol. The van der Waals surface area contributed by atoms with Gasteiger partial charge in [0.05, 0.1) is 23.6 Å². The van der Waals surface area contributed by atoms with Gasteiger partial charge in [0, 0.05) is 13.1 Å². The topological polar surface area (TPSA) is 76.7 Å². The monoisotopic (exact) mass is 492 g/mol. The summed E-state index contributed by atoms with van der Waals surface area (Å²) in [5.41, 5.74) is 3.79. The number of rotatable bonds is 8. The molecule has 8 heteroatoms. The van der Waals surface area contributed by atoms with Crippen LogP contribution in [0.1, 0.15) is 54.9 Å². The van der Waals surface area contributed by atoms with E-state index in [9.17, 15) is 8.42 Å². The van der Waals surface area contributed by atoms with Crippen molar-refractivity contribution in [2.75, 3.05) is 31.3 Å². The fourth-order valence-corrected chi connectivity index (χ4v) is 5.55. The predicted octanol–water partition coefficient (Wildman–Crippen LogP) is 5.07. The Kier molecular flexibility index (Phi) is 8.17. The molecule has 0 aromatic heterocycles. The average molecular weight is 493 g/mol. The highest BCUT2D eigenvalue weighted by Gasteiger charge is 2.25. The Hall–Kier alpha value is -1.80. The lowest BCUT2D eigenvalue weighted by atomic mass is 9.90. The van der Waals surface area contributed by atoms with E-state index in [0.717, 1.165) is 54.0 Å². The maximum absolute atomic E-state index is 11.7. The molecule has 2 aliphatic rings. The summed E-state index contributed by atoms with van der Waals surface area (Å²) in [7, 11) is -3.58. The summed E-state index contributed by atoms with van der Waals surface area (Å²) in [6, 6.07) is 11.8. The first kappa shape index (κ1) is 24.3. The fourth-order valence-electron chi connectivity index (χ4n) is 4.71. The molecule has 180 valence electrons. The Bertz CT molecular complexity index is 1040. The zero-order chi connectivity index (χ0) is 23.3. The summed E-state index contributed by atoms with van der Waals surface area (Å²) >= 11 is 6.54. The minimum Gasteiger partial charge on any atom is -0.493 e. The van der Waals surface area contributed by atoms with Crippen LogP contribution >= 0.6 is 11.6 Å². The van der Waals surface area contributed by atoms with E-state index in [2.05, 4.69) is 22.8 Å². The van der Waals surface area contributed by atoms with Gasteiger partial charge in [-0.1, -0.05) is 49.1 Å². The first-order chi connectivity index (χ1) is 15.9. The highest BCUT2D eigenvalue weighted by atomic mass is 35.5. The summed E-state index contributed by atoms with van der Waals surface area (Å²) in [4.78, 5) is 0. The van der Waals surface area contributed by atoms with Crippen molar-refractivity contribution in [2.45, 2.75) is 51.2 Å². The maximum atomic E-state index is 11.7. The second-order valence-electron chi connectivity index (χ2n) is 9.05. The van der Waals surface area contributed by atoms with E-state index in [4.69, 9.17) is 20.5 Å². The molecule has 2 N–H and O–H groups in total. The summed E-state index contributed by atoms with van der Waals surface area (Å²) < 4.78 is 34.9. The first-order valence-corrected chi connectivity index (χ1v) is 13.9. The third kappa shape index (κ3) is 6.85. The fraction of sp³-hybridized carbons (Fsp3) is 0.520. The van der Waals surface area contributed by atoms with Crippen molar-refractivity contribution in [1.29, 1.82) is 0 Å². The van der Waals surface area contributed by atoms with E-state index in [0.29, 0.717) is 24.0 Å². The lowest BCUT2D eigenvalue weighted by Gasteiger charge is -2.22. The van der Waals surface area contributed by atoms with Gasteiger partial charge in [0.25, 0.3) is 10.1 Å². The molecular formula is C25H33ClN2O4S. The van der Waals surface area contributed by atoms with Gasteiger partial charge < -0.3 is 15.4 Å². The van der Waals surface area contributed by atoms with E-state index in [1.54, 1.807) is 6.07 Å². The summed E-state index contributed by atoms with van der Waals surface area (Å²) in [6.07, 6.45) is 7.78. The van der Waals surface area contributed by atoms with Crippen LogP contribution in [-0.4, -0.2) is 34.4 Å². The Morgan fingerprint density at radius 3 is 2.58 bits per heavy atom. The third-order valence-corrected chi connectivity index (χ3v) is 7.32. The molecule has 1 atom stereocenters. The highest BCUT2D eigenvalue weighted by molar-refractivity contribution is 7.86. The third-order valence-electron chi connectivity index (χ3n) is 6.42. The van der Waals surface area contributed by atoms with Gasteiger partial charge in [-0.2, -0.15) is 8.42 Å². The molecule has 0 bridgehead atoms. The molecule has 1 fully saturated rings. The normalized spacial score (nSPS) is 19.5. The smallest absolute Gasteiger partial charge is 0.265 e. The van der Waals surface area contributed by atoms with Crippen molar-refractivity contribution in [3.8, 4) is 5.75 Å². The van der Waals surface area contributed by atoms with Crippen LogP contribution in [0.2, 0.25) is 5.02 Å². The number of benzene rings is 2. The van der Waals surface area contributed by atoms with E-state index >= 15 is 0 Å². The number of halogens is 1. The standard InChI is InChI=1S/C25H33ClN2O4S/c1-33(29,30)32-24-16-27-14-13-22-21(24)11-12-23(26)25(22)28-15-18-7-9-20(10-8-18)31-17-19-5-3-2-4-6-19/h7-12,19,24,27-28H,2-6,13-17H2,1H3. The molecule has 6 nitrogen and oxygen atoms in total. The molecule has 1 aliphatic heterocycles. The number of hydrogen-bond donors (Lipinski definition) is 2. The second kappa shape index (κ2) is 11.1. The van der Waals surface area contributed by atoms with Crippen LogP contribution in [0.4, 0.5) is 5.69 Å². The second-order valence-corrected chi connectivity index (χ2v) is 11.1. The molecule has 0 amide bonds. The number of nitrogens with one attached hydrogen (secondary N) is 2. The molecular weight excluding hydrogens is 460 g/mol. The van der Waals surface area contributed by atoms with Crippen LogP contribution in [0.25, 0.3) is 0 Å². The van der Waals surface area contributed by atoms with Crippen LogP contribution in [-0.2, 0) is 27.3 Å². The molecule has 0 radical (unpaired) electrons. The van der Waals surface area contributed by atoms with Gasteiger partial charge in [0.2, 0.25) is 0 Å². The quantitative estimate of drug-likeness (QED) is 0.501. The van der Waals surface area contributed by atoms with Gasteiger partial charge in [-0.3, -0.25) is 4.18 Å². The molecule has 2 aromatic rings. The summed E-state index contributed by atoms with van der Waals surface area (Å²) in [5, 5.41) is 7.33. The Labute approximate surface area is 202 Å². The van der Waals surface area contributed by atoms with Gasteiger partial charge >= 0.3 is 0 Å². The van der Waals surface area contributed by atoms with Crippen molar-refractivity contribution in [2.24, 2.45) is 5.92 Å². The molecule has 1 heterocycles. The molecule has 1 saturated carbocycles. The minimum atomic E-state index is -3.58. The summed E-state index contributed by atoms with van der Waals surface area (Å²) in [6.45, 7) is 2.56. The van der Waals surface area contributed by atoms with Crippen LogP contribution in [0, 0.1) is 5.92 Å². The largest absolute Gasteiger partial charge is 0.493 e. The molecule has 1 aliphatic carbocycles. The number of ether oxygens (including phenoxy) is 1. The molecule has 0 saturated heterocycles. The van der Waals surface area contributed by atoms with Crippen LogP contribution in [0.5, 0.6) is 5.75 Å². The first-order valence-electron chi connectivity index (χ1n) is 11.7. The van der Waals surface area contributed by atoms with Gasteiger partial charge in [-0.05, 0) is 66.6 Å². The van der Waals surface area contributed by atoms with Crippen molar-refractivity contribution >= 4 is 27.4 Å². The molecule has 1 unspecified atom stereocenters. The van der Waals surface area contributed by atoms with Gasteiger partial charge in [-0.25, -0.2) is 0 Å². The van der Waals surface area contributed by atoms with E-state index in [-0.39, 0.29) is 0 Å². The van der Waals surface area contributed by atoms with Crippen LogP contribution in [0.3, 0.4) is 0 Å². The zero-order valence-corrected chi connectivity index (χ0v) is 20.7. The van der Waals surface area contributed by atoms with Crippen LogP contribution in [0.15, 0.2) is 36.4 Å². The van der Waals surface area contributed by atoms with Gasteiger partial charge in [-0.15, -0.1) is 0 Å². The Balaban J connectivity index is 1.42. The summed E-state index contributed by atoms with van der Waals surface area (Å²) in [5.74, 6) is 1.59. The Morgan fingerprint density at radius 2 is 1.85 bits per heavy atom. The number of fused-ring (bicyclic) bond motifs is 1. The lowest BCUT2D eigenvalue weighted by Crippen LogP contribution is -2.23. The molecule has 4 rings (SSSR count). The van der Waals surface area contributed by atoms with E-state index in [1.807, 2.05) is 18.2 Å². The average Bonchev–Trinajstić information content (AvgIpc) is 2.99. The number of anilines is 1. The van der Waals surface area contributed by atoms with Crippen LogP contribution < -0.4 is 15.4 Å². The molecule has 33 heavy (non-hydrogen) atoms. The number of hydrogen-bond acceptors (Lipinski definition) is 6. The lowest BCUT2D eigenvalue weighted by molar-refractivity contribution is 0.209. The van der Waals surface area contributed by atoms with E-state index < -0.39 is 16.2 Å². The molecule has 2 aromatic carbocycles. The minimum absolute atomic E-state index is 0.434. The van der Waals surface area contributed by atoms with Gasteiger partial charge in [0.1, 0.15) is 11.9 Å².